The van der Waals surface area contributed by atoms with Crippen molar-refractivity contribution < 1.29 is 4.74 Å². The highest BCUT2D eigenvalue weighted by Crippen LogP contribution is 2.43. The highest BCUT2D eigenvalue weighted by Gasteiger charge is 2.38. The van der Waals surface area contributed by atoms with Crippen molar-refractivity contribution in [2.45, 2.75) is 57.0 Å². The van der Waals surface area contributed by atoms with Crippen LogP contribution in [0.15, 0.2) is 151 Å². The van der Waals surface area contributed by atoms with Crippen LogP contribution in [-0.4, -0.2) is 5.60 Å². The number of benzene rings is 4. The summed E-state index contributed by atoms with van der Waals surface area (Å²) >= 11 is 0. The molecule has 4 nitrogen and oxygen atoms in total. The molecular formula is C45H39N3O. The van der Waals surface area contributed by atoms with Crippen molar-refractivity contribution in [2.24, 2.45) is 0 Å². The zero-order chi connectivity index (χ0) is 33.5. The van der Waals surface area contributed by atoms with Gasteiger partial charge in [0.15, 0.2) is 0 Å². The van der Waals surface area contributed by atoms with Crippen LogP contribution in [0.1, 0.15) is 62.5 Å². The number of ether oxygens (including phenoxy) is 1. The number of nitrogens with zero attached hydrogens (tertiary/aromatic N) is 3. The Morgan fingerprint density at radius 2 is 1.39 bits per heavy atom. The third-order valence-electron chi connectivity index (χ3n) is 9.73. The van der Waals surface area contributed by atoms with Gasteiger partial charge in [0.1, 0.15) is 11.4 Å². The van der Waals surface area contributed by atoms with Gasteiger partial charge in [-0.15, -0.1) is 0 Å². The zero-order valence-electron chi connectivity index (χ0n) is 27.7. The van der Waals surface area contributed by atoms with Gasteiger partial charge in [0, 0.05) is 23.5 Å². The highest BCUT2D eigenvalue weighted by atomic mass is 16.5. The first-order chi connectivity index (χ1) is 24.1. The van der Waals surface area contributed by atoms with E-state index < -0.39 is 0 Å². The molecule has 0 saturated heterocycles. The van der Waals surface area contributed by atoms with Crippen molar-refractivity contribution in [3.05, 3.63) is 173 Å². The summed E-state index contributed by atoms with van der Waals surface area (Å²) in [5, 5.41) is 9.61. The summed E-state index contributed by atoms with van der Waals surface area (Å²) in [6, 6.07) is 38.7. The summed E-state index contributed by atoms with van der Waals surface area (Å²) in [6.07, 6.45) is 20.8. The predicted molar refractivity (Wildman–Crippen MR) is 201 cm³/mol. The largest absolute Gasteiger partial charge is 0.487 e. The van der Waals surface area contributed by atoms with Gasteiger partial charge >= 0.3 is 0 Å². The fourth-order valence-electron chi connectivity index (χ4n) is 7.19. The molecule has 1 aliphatic heterocycles. The number of hydrogen-bond acceptors (Lipinski definition) is 3. The molecule has 0 bridgehead atoms. The van der Waals surface area contributed by atoms with Crippen molar-refractivity contribution in [3.8, 4) is 17.2 Å². The molecule has 4 aromatic rings. The Balaban J connectivity index is 1.18. The fourth-order valence-corrected chi connectivity index (χ4v) is 7.19. The maximum absolute atomic E-state index is 9.61. The lowest BCUT2D eigenvalue weighted by Gasteiger charge is -2.41. The second kappa shape index (κ2) is 14.5. The molecule has 240 valence electrons. The maximum Gasteiger partial charge on any atom is 0.265 e. The molecule has 49 heavy (non-hydrogen) atoms. The molecule has 1 fully saturated rings. The van der Waals surface area contributed by atoms with Crippen LogP contribution in [0.25, 0.3) is 27.6 Å². The third-order valence-corrected chi connectivity index (χ3v) is 9.73. The van der Waals surface area contributed by atoms with E-state index >= 15 is 0 Å². The Bertz CT molecular complexity index is 2010. The minimum Gasteiger partial charge on any atom is -0.487 e. The first-order valence-corrected chi connectivity index (χ1v) is 17.3. The molecular weight excluding hydrogens is 599 g/mol. The Kier molecular flexibility index (Phi) is 9.40. The molecule has 0 radical (unpaired) electrons. The quantitative estimate of drug-likeness (QED) is 0.150. The van der Waals surface area contributed by atoms with E-state index in [4.69, 9.17) is 11.3 Å². The molecule has 0 amide bonds. The lowest BCUT2D eigenvalue weighted by molar-refractivity contribution is -0.0285. The second-order valence-electron chi connectivity index (χ2n) is 13.0. The molecule has 1 heterocycles. The van der Waals surface area contributed by atoms with E-state index in [-0.39, 0.29) is 11.3 Å². The van der Waals surface area contributed by atoms with Gasteiger partial charge in [-0.1, -0.05) is 97.5 Å². The first kappa shape index (κ1) is 31.7. The molecule has 7 rings (SSSR count). The van der Waals surface area contributed by atoms with Gasteiger partial charge in [-0.05, 0) is 120 Å². The van der Waals surface area contributed by atoms with Crippen LogP contribution in [-0.2, 0) is 4.74 Å². The minimum absolute atomic E-state index is 0.167. The third kappa shape index (κ3) is 7.20. The number of nitriles is 1. The van der Waals surface area contributed by atoms with Gasteiger partial charge in [-0.25, -0.2) is 10.1 Å². The van der Waals surface area contributed by atoms with Crippen LogP contribution in [0.2, 0.25) is 0 Å². The Morgan fingerprint density at radius 3 is 2.00 bits per heavy atom. The Hall–Kier alpha value is -5.84. The predicted octanol–water partition coefficient (Wildman–Crippen LogP) is 12.3. The van der Waals surface area contributed by atoms with Crippen LogP contribution >= 0.6 is 0 Å². The minimum atomic E-state index is -0.325. The number of hydrogen-bond donors (Lipinski definition) is 0. The lowest BCUT2D eigenvalue weighted by atomic mass is 9.78. The van der Waals surface area contributed by atoms with Gasteiger partial charge < -0.3 is 9.64 Å². The Labute approximate surface area is 290 Å². The average Bonchev–Trinajstić information content (AvgIpc) is 3.17. The van der Waals surface area contributed by atoms with E-state index in [1.54, 1.807) is 0 Å². The van der Waals surface area contributed by atoms with Crippen molar-refractivity contribution in [2.75, 3.05) is 4.90 Å². The highest BCUT2D eigenvalue weighted by molar-refractivity contribution is 5.81. The summed E-state index contributed by atoms with van der Waals surface area (Å²) in [5.41, 5.74) is 9.78. The topological polar surface area (TPSA) is 40.6 Å². The van der Waals surface area contributed by atoms with Crippen LogP contribution in [0.3, 0.4) is 0 Å². The second-order valence-corrected chi connectivity index (χ2v) is 13.0. The molecule has 1 saturated carbocycles. The molecule has 1 spiro atoms. The summed E-state index contributed by atoms with van der Waals surface area (Å²) in [6.45, 7) is 7.53. The standard InChI is InChI=1S/C45H39N3O/c1-47-44(33-46)39-31-43(49-45(32-39)29-9-4-10-30-45)28-17-34-15-22-40(23-16-34)48(41-24-18-37(19-25-41)35-11-5-2-6-12-35)42-26-20-38(21-27-42)36-13-7-3-8-14-36/h2,5-7,11-28,31H,3-4,8-10,29-30,32H2/b28-17+,44-39+. The average molecular weight is 638 g/mol. The van der Waals surface area contributed by atoms with Crippen molar-refractivity contribution >= 4 is 28.7 Å². The smallest absolute Gasteiger partial charge is 0.265 e. The van der Waals surface area contributed by atoms with E-state index in [2.05, 4.69) is 137 Å². The van der Waals surface area contributed by atoms with Crippen molar-refractivity contribution in [1.29, 1.82) is 5.26 Å². The van der Waals surface area contributed by atoms with E-state index in [9.17, 15) is 5.26 Å². The van der Waals surface area contributed by atoms with Crippen LogP contribution in [0.4, 0.5) is 17.1 Å². The first-order valence-electron chi connectivity index (χ1n) is 17.3. The number of rotatable bonds is 7. The summed E-state index contributed by atoms with van der Waals surface area (Å²) < 4.78 is 6.59. The van der Waals surface area contributed by atoms with Crippen molar-refractivity contribution in [3.63, 3.8) is 0 Å². The summed E-state index contributed by atoms with van der Waals surface area (Å²) in [7, 11) is 0. The monoisotopic (exact) mass is 637 g/mol. The van der Waals surface area contributed by atoms with Crippen LogP contribution < -0.4 is 4.90 Å². The molecule has 4 aromatic carbocycles. The SMILES string of the molecule is [C-]#[N+]/C(C#N)=C1C=C(/C=C/c2ccc(N(c3ccc(C4=CCCC=C4)cc3)c3ccc(-c4ccccc4)cc3)cc2)OC2(CCCCC2)C\1. The van der Waals surface area contributed by atoms with Gasteiger partial charge in [0.2, 0.25) is 0 Å². The maximum atomic E-state index is 9.61. The van der Waals surface area contributed by atoms with E-state index in [1.807, 2.05) is 18.2 Å². The van der Waals surface area contributed by atoms with Crippen molar-refractivity contribution in [1.82, 2.24) is 0 Å². The molecule has 0 N–H and O–H groups in total. The molecule has 0 aromatic heterocycles. The molecule has 0 atom stereocenters. The lowest BCUT2D eigenvalue weighted by Crippen LogP contribution is -2.37. The molecule has 4 heteroatoms. The van der Waals surface area contributed by atoms with Crippen LogP contribution in [0, 0.1) is 17.9 Å². The van der Waals surface area contributed by atoms with Gasteiger partial charge in [0.25, 0.3) is 5.70 Å². The number of allylic oxidation sites excluding steroid dienone is 7. The summed E-state index contributed by atoms with van der Waals surface area (Å²) in [5.74, 6) is 0.715. The number of anilines is 3. The fraction of sp³-hybridized carbons (Fsp3) is 0.200. The summed E-state index contributed by atoms with van der Waals surface area (Å²) in [4.78, 5) is 5.81. The van der Waals surface area contributed by atoms with Gasteiger partial charge in [-0.3, -0.25) is 0 Å². The van der Waals surface area contributed by atoms with E-state index in [0.29, 0.717) is 12.2 Å². The van der Waals surface area contributed by atoms with Gasteiger partial charge in [0.05, 0.1) is 12.6 Å². The van der Waals surface area contributed by atoms with Gasteiger partial charge in [-0.2, -0.15) is 0 Å². The Morgan fingerprint density at radius 1 is 0.755 bits per heavy atom. The molecule has 3 aliphatic rings. The van der Waals surface area contributed by atoms with E-state index in [1.165, 1.54) is 28.7 Å². The normalized spacial score (nSPS) is 17.8. The van der Waals surface area contributed by atoms with Crippen LogP contribution in [0.5, 0.6) is 0 Å². The zero-order valence-corrected chi connectivity index (χ0v) is 27.7. The molecule has 0 unspecified atom stereocenters. The van der Waals surface area contributed by atoms with E-state index in [0.717, 1.165) is 66.7 Å². The molecule has 2 aliphatic carbocycles.